The molecule has 3 nitrogen and oxygen atoms in total. The smallest absolute Gasteiger partial charge is 0.268 e. The van der Waals surface area contributed by atoms with Crippen LogP contribution in [0.4, 0.5) is 5.69 Å². The summed E-state index contributed by atoms with van der Waals surface area (Å²) in [4.78, 5) is 11.4. The van der Waals surface area contributed by atoms with Crippen molar-refractivity contribution in [2.24, 2.45) is 0 Å². The zero-order valence-corrected chi connectivity index (χ0v) is 7.55. The lowest BCUT2D eigenvalue weighted by molar-refractivity contribution is -0.129. The van der Waals surface area contributed by atoms with Gasteiger partial charge in [-0.2, -0.15) is 0 Å². The number of benzene rings is 1. The molecule has 67 valence electrons. The Kier molecular flexibility index (Phi) is 1.55. The number of hydrogen-bond donors (Lipinski definition) is 1. The predicted molar refractivity (Wildman–Crippen MR) is 48.6 cm³/mol. The van der Waals surface area contributed by atoms with Crippen LogP contribution in [0.2, 0.25) is 0 Å². The average Bonchev–Trinajstić information content (AvgIpc) is 2.06. The van der Waals surface area contributed by atoms with Crippen LogP contribution in [0, 0.1) is 6.07 Å². The Morgan fingerprint density at radius 1 is 1.54 bits per heavy atom. The third-order valence-corrected chi connectivity index (χ3v) is 1.98. The second kappa shape index (κ2) is 2.49. The van der Waals surface area contributed by atoms with Crippen molar-refractivity contribution in [1.82, 2.24) is 0 Å². The van der Waals surface area contributed by atoms with Gasteiger partial charge in [-0.15, -0.1) is 0 Å². The topological polar surface area (TPSA) is 38.3 Å². The average molecular weight is 176 g/mol. The van der Waals surface area contributed by atoms with Crippen LogP contribution in [0.3, 0.4) is 0 Å². The number of ether oxygens (including phenoxy) is 1. The Balaban J connectivity index is 2.44. The van der Waals surface area contributed by atoms with Gasteiger partial charge in [0.1, 0.15) is 5.75 Å². The van der Waals surface area contributed by atoms with E-state index in [1.54, 1.807) is 32.0 Å². The molecule has 0 bridgehead atoms. The molecule has 0 aromatic heterocycles. The van der Waals surface area contributed by atoms with Crippen LogP contribution in [-0.2, 0) is 4.79 Å². The van der Waals surface area contributed by atoms with Crippen molar-refractivity contribution in [1.29, 1.82) is 0 Å². The van der Waals surface area contributed by atoms with Crippen molar-refractivity contribution < 1.29 is 9.53 Å². The number of amides is 1. The molecule has 0 fully saturated rings. The second-order valence-corrected chi connectivity index (χ2v) is 3.49. The summed E-state index contributed by atoms with van der Waals surface area (Å²) in [5, 5.41) is 2.75. The van der Waals surface area contributed by atoms with Gasteiger partial charge in [-0.05, 0) is 32.0 Å². The lowest BCUT2D eigenvalue weighted by Crippen LogP contribution is -2.45. The van der Waals surface area contributed by atoms with Gasteiger partial charge in [0.05, 0.1) is 5.69 Å². The molecular weight excluding hydrogens is 166 g/mol. The molecule has 0 saturated heterocycles. The molecule has 1 heterocycles. The SMILES string of the molecule is CC1(C)Oc2cc[c]cc2NC1=O. The molecule has 0 atom stereocenters. The molecule has 13 heavy (non-hydrogen) atoms. The fourth-order valence-electron chi connectivity index (χ4n) is 1.20. The number of hydrogen-bond acceptors (Lipinski definition) is 2. The van der Waals surface area contributed by atoms with Crippen LogP contribution in [0.15, 0.2) is 18.2 Å². The van der Waals surface area contributed by atoms with E-state index < -0.39 is 5.60 Å². The third kappa shape index (κ3) is 1.26. The molecule has 1 N–H and O–H groups in total. The van der Waals surface area contributed by atoms with Gasteiger partial charge in [-0.1, -0.05) is 6.07 Å². The molecule has 3 heteroatoms. The summed E-state index contributed by atoms with van der Waals surface area (Å²) in [5.74, 6) is 0.572. The van der Waals surface area contributed by atoms with E-state index >= 15 is 0 Å². The maximum absolute atomic E-state index is 11.4. The van der Waals surface area contributed by atoms with Gasteiger partial charge in [0.25, 0.3) is 5.91 Å². The molecule has 1 aliphatic heterocycles. The van der Waals surface area contributed by atoms with Gasteiger partial charge in [-0.3, -0.25) is 4.79 Å². The summed E-state index contributed by atoms with van der Waals surface area (Å²) < 4.78 is 5.50. The summed E-state index contributed by atoms with van der Waals surface area (Å²) >= 11 is 0. The Labute approximate surface area is 76.7 Å². The quantitative estimate of drug-likeness (QED) is 0.652. The van der Waals surface area contributed by atoms with Gasteiger partial charge in [-0.25, -0.2) is 0 Å². The van der Waals surface area contributed by atoms with Crippen LogP contribution >= 0.6 is 0 Å². The largest absolute Gasteiger partial charge is 0.476 e. The van der Waals surface area contributed by atoms with Gasteiger partial charge in [0.15, 0.2) is 5.60 Å². The molecule has 0 saturated carbocycles. The Hall–Kier alpha value is -1.51. The molecule has 1 radical (unpaired) electrons. The highest BCUT2D eigenvalue weighted by atomic mass is 16.5. The summed E-state index contributed by atoms with van der Waals surface area (Å²) in [6.45, 7) is 3.48. The first-order valence-electron chi connectivity index (χ1n) is 4.10. The first-order chi connectivity index (χ1) is 6.09. The fourth-order valence-corrected chi connectivity index (χ4v) is 1.20. The van der Waals surface area contributed by atoms with E-state index in [2.05, 4.69) is 11.4 Å². The standard InChI is InChI=1S/C10H10NO2/c1-10(2)9(12)11-7-5-3-4-6-8(7)13-10/h4-6H,1-2H3,(H,11,12). The molecule has 2 rings (SSSR count). The maximum atomic E-state index is 11.4. The van der Waals surface area contributed by atoms with E-state index in [1.807, 2.05) is 0 Å². The Morgan fingerprint density at radius 3 is 3.08 bits per heavy atom. The van der Waals surface area contributed by atoms with Crippen LogP contribution in [-0.4, -0.2) is 11.5 Å². The maximum Gasteiger partial charge on any atom is 0.268 e. The van der Waals surface area contributed by atoms with E-state index in [9.17, 15) is 4.79 Å². The summed E-state index contributed by atoms with van der Waals surface area (Å²) in [6.07, 6.45) is 0. The molecule has 1 aromatic carbocycles. The predicted octanol–water partition coefficient (Wildman–Crippen LogP) is 1.60. The first kappa shape index (κ1) is 8.10. The van der Waals surface area contributed by atoms with Crippen molar-refractivity contribution in [2.75, 3.05) is 5.32 Å². The molecular formula is C10H10NO2. The van der Waals surface area contributed by atoms with E-state index in [0.717, 1.165) is 0 Å². The van der Waals surface area contributed by atoms with E-state index in [-0.39, 0.29) is 5.91 Å². The van der Waals surface area contributed by atoms with Crippen LogP contribution in [0.5, 0.6) is 5.75 Å². The minimum atomic E-state index is -0.783. The molecule has 1 amide bonds. The molecule has 0 aliphatic carbocycles. The number of carbonyl (C=O) groups excluding carboxylic acids is 1. The van der Waals surface area contributed by atoms with Crippen molar-refractivity contribution in [3.8, 4) is 5.75 Å². The Morgan fingerprint density at radius 2 is 2.31 bits per heavy atom. The minimum Gasteiger partial charge on any atom is -0.476 e. The van der Waals surface area contributed by atoms with Crippen LogP contribution in [0.25, 0.3) is 0 Å². The summed E-state index contributed by atoms with van der Waals surface area (Å²) in [6, 6.07) is 8.12. The van der Waals surface area contributed by atoms with Gasteiger partial charge in [0, 0.05) is 0 Å². The molecule has 0 spiro atoms. The zero-order chi connectivity index (χ0) is 9.47. The molecule has 1 aliphatic rings. The van der Waals surface area contributed by atoms with Gasteiger partial charge in [0.2, 0.25) is 0 Å². The third-order valence-electron chi connectivity index (χ3n) is 1.98. The van der Waals surface area contributed by atoms with Crippen molar-refractivity contribution in [3.63, 3.8) is 0 Å². The Bertz CT molecular complexity index is 358. The number of anilines is 1. The van der Waals surface area contributed by atoms with Crippen LogP contribution in [0.1, 0.15) is 13.8 Å². The number of nitrogens with one attached hydrogen (secondary N) is 1. The van der Waals surface area contributed by atoms with Gasteiger partial charge >= 0.3 is 0 Å². The van der Waals surface area contributed by atoms with Crippen molar-refractivity contribution in [3.05, 3.63) is 24.3 Å². The van der Waals surface area contributed by atoms with E-state index in [1.165, 1.54) is 0 Å². The zero-order valence-electron chi connectivity index (χ0n) is 7.55. The normalized spacial score (nSPS) is 18.5. The van der Waals surface area contributed by atoms with E-state index in [0.29, 0.717) is 11.4 Å². The van der Waals surface area contributed by atoms with Crippen LogP contribution < -0.4 is 10.1 Å². The highest BCUT2D eigenvalue weighted by Crippen LogP contribution is 2.32. The highest BCUT2D eigenvalue weighted by molar-refractivity contribution is 6.00. The van der Waals surface area contributed by atoms with Crippen molar-refractivity contribution >= 4 is 11.6 Å². The van der Waals surface area contributed by atoms with Crippen molar-refractivity contribution in [2.45, 2.75) is 19.4 Å². The lowest BCUT2D eigenvalue weighted by atomic mass is 10.1. The lowest BCUT2D eigenvalue weighted by Gasteiger charge is -2.31. The highest BCUT2D eigenvalue weighted by Gasteiger charge is 2.34. The molecule has 1 aromatic rings. The molecule has 0 unspecified atom stereocenters. The summed E-state index contributed by atoms with van der Waals surface area (Å²) in [7, 11) is 0. The minimum absolute atomic E-state index is 0.125. The first-order valence-corrected chi connectivity index (χ1v) is 4.10. The van der Waals surface area contributed by atoms with E-state index in [4.69, 9.17) is 4.74 Å². The number of carbonyl (C=O) groups is 1. The number of fused-ring (bicyclic) bond motifs is 1. The summed E-state index contributed by atoms with van der Waals surface area (Å²) in [5.41, 5.74) is -0.0965. The monoisotopic (exact) mass is 176 g/mol. The number of rotatable bonds is 0. The second-order valence-electron chi connectivity index (χ2n) is 3.49. The van der Waals surface area contributed by atoms with Gasteiger partial charge < -0.3 is 10.1 Å². The fraction of sp³-hybridized carbons (Fsp3) is 0.300.